The lowest BCUT2D eigenvalue weighted by Crippen LogP contribution is -2.35. The molecule has 1 aliphatic rings. The van der Waals surface area contributed by atoms with Crippen LogP contribution in [0.15, 0.2) is 29.8 Å². The summed E-state index contributed by atoms with van der Waals surface area (Å²) in [5.74, 6) is -1.32. The summed E-state index contributed by atoms with van der Waals surface area (Å²) in [6.07, 6.45) is 0. The van der Waals surface area contributed by atoms with Crippen LogP contribution in [0.3, 0.4) is 0 Å². The van der Waals surface area contributed by atoms with E-state index in [1.54, 1.807) is 0 Å². The summed E-state index contributed by atoms with van der Waals surface area (Å²) < 4.78 is 25.2. The minimum atomic E-state index is -2.06. The lowest BCUT2D eigenvalue weighted by atomic mass is 9.91. The molecule has 1 unspecified atom stereocenters. The molecule has 0 saturated carbocycles. The highest BCUT2D eigenvalue weighted by Gasteiger charge is 2.51. The standard InChI is InChI=1S/C14H17ClFNO3Si/c1-14(10-8(15)6-5-7-9(10)16)12(18)11(13(17)19-14)20-21(2,3)4/h5-7H,17H2,1-4H3. The molecule has 4 nitrogen and oxygen atoms in total. The minimum absolute atomic E-state index is 0.0335. The van der Waals surface area contributed by atoms with Crippen molar-refractivity contribution in [1.82, 2.24) is 0 Å². The molecule has 7 heteroatoms. The van der Waals surface area contributed by atoms with Gasteiger partial charge in [0.15, 0.2) is 0 Å². The van der Waals surface area contributed by atoms with Gasteiger partial charge in [-0.05, 0) is 38.7 Å². The summed E-state index contributed by atoms with van der Waals surface area (Å²) in [4.78, 5) is 12.6. The van der Waals surface area contributed by atoms with Crippen LogP contribution < -0.4 is 5.73 Å². The summed E-state index contributed by atoms with van der Waals surface area (Å²) in [6, 6.07) is 4.17. The molecule has 1 atom stereocenters. The molecule has 1 aromatic carbocycles. The number of Topliss-reactive ketones (excluding diaryl/α,β-unsaturated/α-hetero) is 1. The second-order valence-electron chi connectivity index (χ2n) is 5.97. The Labute approximate surface area is 128 Å². The molecule has 2 rings (SSSR count). The van der Waals surface area contributed by atoms with E-state index in [-0.39, 0.29) is 22.2 Å². The summed E-state index contributed by atoms with van der Waals surface area (Å²) in [5.41, 5.74) is 4.11. The molecule has 0 amide bonds. The first-order valence-corrected chi connectivity index (χ1v) is 10.2. The fraction of sp³-hybridized carbons (Fsp3) is 0.357. The molecule has 0 aliphatic carbocycles. The van der Waals surface area contributed by atoms with Gasteiger partial charge >= 0.3 is 0 Å². The Morgan fingerprint density at radius 3 is 2.52 bits per heavy atom. The van der Waals surface area contributed by atoms with Crippen LogP contribution in [0, 0.1) is 5.82 Å². The molecule has 21 heavy (non-hydrogen) atoms. The van der Waals surface area contributed by atoms with Crippen LogP contribution in [0.25, 0.3) is 0 Å². The van der Waals surface area contributed by atoms with E-state index < -0.39 is 25.5 Å². The van der Waals surface area contributed by atoms with E-state index >= 15 is 0 Å². The number of ether oxygens (including phenoxy) is 1. The van der Waals surface area contributed by atoms with Gasteiger partial charge in [-0.1, -0.05) is 17.7 Å². The molecule has 1 aromatic rings. The summed E-state index contributed by atoms with van der Waals surface area (Å²) >= 11 is 6.03. The number of rotatable bonds is 3. The van der Waals surface area contributed by atoms with E-state index in [2.05, 4.69) is 0 Å². The Morgan fingerprint density at radius 2 is 2.00 bits per heavy atom. The molecule has 114 valence electrons. The maximum Gasteiger partial charge on any atom is 0.249 e. The average Bonchev–Trinajstić information content (AvgIpc) is 2.52. The van der Waals surface area contributed by atoms with E-state index in [0.29, 0.717) is 0 Å². The minimum Gasteiger partial charge on any atom is -0.538 e. The summed E-state index contributed by atoms with van der Waals surface area (Å²) in [7, 11) is -2.06. The van der Waals surface area contributed by atoms with E-state index in [1.807, 2.05) is 19.6 Å². The third kappa shape index (κ3) is 2.78. The van der Waals surface area contributed by atoms with Crippen molar-refractivity contribution >= 4 is 25.7 Å². The van der Waals surface area contributed by atoms with E-state index in [9.17, 15) is 9.18 Å². The number of benzene rings is 1. The van der Waals surface area contributed by atoms with Gasteiger partial charge in [0.2, 0.25) is 31.3 Å². The predicted octanol–water partition coefficient (Wildman–Crippen LogP) is 3.27. The molecule has 2 N–H and O–H groups in total. The third-order valence-corrected chi connectivity index (χ3v) is 4.16. The second-order valence-corrected chi connectivity index (χ2v) is 10.8. The number of ketones is 1. The molecule has 1 aliphatic heterocycles. The van der Waals surface area contributed by atoms with Crippen molar-refractivity contribution in [2.75, 3.05) is 0 Å². The first-order chi connectivity index (χ1) is 9.56. The molecule has 0 radical (unpaired) electrons. The van der Waals surface area contributed by atoms with Gasteiger partial charge in [0.05, 0.1) is 10.6 Å². The van der Waals surface area contributed by atoms with Crippen LogP contribution in [0.2, 0.25) is 24.7 Å². The Hall–Kier alpha value is -1.53. The normalized spacial score (nSPS) is 22.5. The van der Waals surface area contributed by atoms with Crippen molar-refractivity contribution in [2.24, 2.45) is 5.73 Å². The molecule has 0 fully saturated rings. The Balaban J connectivity index is 2.47. The quantitative estimate of drug-likeness (QED) is 0.864. The van der Waals surface area contributed by atoms with Crippen molar-refractivity contribution in [3.05, 3.63) is 46.2 Å². The van der Waals surface area contributed by atoms with E-state index in [1.165, 1.54) is 25.1 Å². The Morgan fingerprint density at radius 1 is 1.38 bits per heavy atom. The number of carbonyl (C=O) groups is 1. The molecule has 0 spiro atoms. The van der Waals surface area contributed by atoms with Crippen LogP contribution >= 0.6 is 11.6 Å². The van der Waals surface area contributed by atoms with Crippen molar-refractivity contribution in [1.29, 1.82) is 0 Å². The predicted molar refractivity (Wildman–Crippen MR) is 80.5 cm³/mol. The van der Waals surface area contributed by atoms with Gasteiger partial charge in [0, 0.05) is 0 Å². The Bertz CT molecular complexity index is 621. The molecular formula is C14H17ClFNO3Si. The second kappa shape index (κ2) is 5.03. The fourth-order valence-corrected chi connectivity index (χ4v) is 3.31. The van der Waals surface area contributed by atoms with Gasteiger partial charge in [0.25, 0.3) is 0 Å². The first kappa shape index (κ1) is 15.8. The lowest BCUT2D eigenvalue weighted by Gasteiger charge is -2.25. The zero-order valence-corrected chi connectivity index (χ0v) is 14.0. The first-order valence-electron chi connectivity index (χ1n) is 6.43. The van der Waals surface area contributed by atoms with E-state index in [4.69, 9.17) is 26.5 Å². The number of hydrogen-bond acceptors (Lipinski definition) is 4. The van der Waals surface area contributed by atoms with Gasteiger partial charge < -0.3 is 14.9 Å². The van der Waals surface area contributed by atoms with Crippen LogP contribution in [-0.4, -0.2) is 14.1 Å². The zero-order chi connectivity index (χ0) is 16.0. The largest absolute Gasteiger partial charge is 0.538 e. The smallest absolute Gasteiger partial charge is 0.249 e. The van der Waals surface area contributed by atoms with Crippen LogP contribution in [0.1, 0.15) is 12.5 Å². The van der Waals surface area contributed by atoms with Gasteiger partial charge in [0.1, 0.15) is 5.82 Å². The van der Waals surface area contributed by atoms with Crippen molar-refractivity contribution < 1.29 is 18.3 Å². The highest BCUT2D eigenvalue weighted by Crippen LogP contribution is 2.42. The van der Waals surface area contributed by atoms with Crippen LogP contribution in [0.4, 0.5) is 4.39 Å². The number of carbonyl (C=O) groups excluding carboxylic acids is 1. The number of halogens is 2. The molecular weight excluding hydrogens is 313 g/mol. The number of hydrogen-bond donors (Lipinski definition) is 1. The van der Waals surface area contributed by atoms with Crippen molar-refractivity contribution in [3.8, 4) is 0 Å². The average molecular weight is 330 g/mol. The Kier molecular flexibility index (Phi) is 3.80. The number of nitrogens with two attached hydrogens (primary N) is 1. The van der Waals surface area contributed by atoms with Crippen LogP contribution in [0.5, 0.6) is 0 Å². The molecule has 0 saturated heterocycles. The molecule has 0 aromatic heterocycles. The maximum absolute atomic E-state index is 14.1. The third-order valence-electron chi connectivity index (χ3n) is 3.03. The summed E-state index contributed by atoms with van der Waals surface area (Å²) in [5, 5.41) is 0.105. The van der Waals surface area contributed by atoms with E-state index in [0.717, 1.165) is 0 Å². The van der Waals surface area contributed by atoms with Gasteiger partial charge in [-0.3, -0.25) is 4.79 Å². The maximum atomic E-state index is 14.1. The molecule has 1 heterocycles. The lowest BCUT2D eigenvalue weighted by molar-refractivity contribution is -0.131. The van der Waals surface area contributed by atoms with Crippen LogP contribution in [-0.2, 0) is 19.6 Å². The summed E-state index contributed by atoms with van der Waals surface area (Å²) in [6.45, 7) is 7.16. The SMILES string of the molecule is CC1(c2c(F)cccc2Cl)OC(N)=C(O[Si](C)(C)C)C1=O. The highest BCUT2D eigenvalue weighted by atomic mass is 35.5. The zero-order valence-electron chi connectivity index (χ0n) is 12.3. The van der Waals surface area contributed by atoms with Crippen molar-refractivity contribution in [3.63, 3.8) is 0 Å². The monoisotopic (exact) mass is 329 g/mol. The van der Waals surface area contributed by atoms with Gasteiger partial charge in [-0.15, -0.1) is 0 Å². The van der Waals surface area contributed by atoms with Gasteiger partial charge in [-0.2, -0.15) is 0 Å². The van der Waals surface area contributed by atoms with Crippen molar-refractivity contribution in [2.45, 2.75) is 32.2 Å². The highest BCUT2D eigenvalue weighted by molar-refractivity contribution is 6.70. The van der Waals surface area contributed by atoms with Gasteiger partial charge in [-0.25, -0.2) is 4.39 Å². The fourth-order valence-electron chi connectivity index (χ4n) is 2.16. The topological polar surface area (TPSA) is 61.6 Å². The molecule has 0 bridgehead atoms.